The van der Waals surface area contributed by atoms with Crippen LogP contribution in [0.25, 0.3) is 0 Å². The van der Waals surface area contributed by atoms with Crippen LogP contribution in [-0.4, -0.2) is 35.4 Å². The fourth-order valence-corrected chi connectivity index (χ4v) is 2.67. The minimum atomic E-state index is 0.0606. The van der Waals surface area contributed by atoms with E-state index < -0.39 is 0 Å². The van der Waals surface area contributed by atoms with Crippen LogP contribution in [0.3, 0.4) is 0 Å². The predicted molar refractivity (Wildman–Crippen MR) is 82.7 cm³/mol. The maximum Gasteiger partial charge on any atom is 0.0987 e. The summed E-state index contributed by atoms with van der Waals surface area (Å²) in [5.41, 5.74) is 2.51. The van der Waals surface area contributed by atoms with Gasteiger partial charge >= 0.3 is 0 Å². The highest BCUT2D eigenvalue weighted by Crippen LogP contribution is 2.23. The Morgan fingerprint density at radius 1 is 0.952 bits per heavy atom. The third-order valence-electron chi connectivity index (χ3n) is 3.90. The molecule has 2 aromatic rings. The first-order valence-electron chi connectivity index (χ1n) is 7.41. The van der Waals surface area contributed by atoms with Gasteiger partial charge in [0.1, 0.15) is 0 Å². The summed E-state index contributed by atoms with van der Waals surface area (Å²) in [5, 5.41) is 9.74. The lowest BCUT2D eigenvalue weighted by Gasteiger charge is -2.29. The van der Waals surface area contributed by atoms with Crippen LogP contribution >= 0.6 is 0 Å². The van der Waals surface area contributed by atoms with Gasteiger partial charge in [0, 0.05) is 13.1 Å². The minimum Gasteiger partial charge on any atom is -0.395 e. The molecular weight excluding hydrogens is 262 g/mol. The summed E-state index contributed by atoms with van der Waals surface area (Å²) in [7, 11) is 0. The van der Waals surface area contributed by atoms with Gasteiger partial charge in [-0.05, 0) is 11.1 Å². The third-order valence-corrected chi connectivity index (χ3v) is 3.90. The molecule has 1 saturated heterocycles. The molecule has 1 heterocycles. The predicted octanol–water partition coefficient (Wildman–Crippen LogP) is 2.45. The number of nitrogens with zero attached hydrogens (tertiary/aromatic N) is 1. The standard InChI is InChI=1S/C18H21NO2/c20-13-17(18-14-21-18)19(11-15-7-3-1-4-8-15)12-16-9-5-2-6-10-16/h1-10,17-18,20H,11-14H2/t17-,18-/m0/s1. The summed E-state index contributed by atoms with van der Waals surface area (Å²) >= 11 is 0. The maximum absolute atomic E-state index is 9.74. The van der Waals surface area contributed by atoms with Crippen molar-refractivity contribution in [2.45, 2.75) is 25.2 Å². The van der Waals surface area contributed by atoms with Gasteiger partial charge in [-0.1, -0.05) is 60.7 Å². The summed E-state index contributed by atoms with van der Waals surface area (Å²) in [4.78, 5) is 2.31. The number of aliphatic hydroxyl groups is 1. The Morgan fingerprint density at radius 2 is 1.43 bits per heavy atom. The van der Waals surface area contributed by atoms with Crippen molar-refractivity contribution in [3.8, 4) is 0 Å². The van der Waals surface area contributed by atoms with E-state index in [2.05, 4.69) is 53.4 Å². The second-order valence-electron chi connectivity index (χ2n) is 5.50. The van der Waals surface area contributed by atoms with E-state index in [1.807, 2.05) is 12.1 Å². The Bertz CT molecular complexity index is 498. The third kappa shape index (κ3) is 3.91. The molecule has 21 heavy (non-hydrogen) atoms. The molecule has 0 amide bonds. The zero-order chi connectivity index (χ0) is 14.5. The van der Waals surface area contributed by atoms with Crippen LogP contribution in [0.4, 0.5) is 0 Å². The monoisotopic (exact) mass is 283 g/mol. The number of hydrogen-bond donors (Lipinski definition) is 1. The van der Waals surface area contributed by atoms with Gasteiger partial charge in [-0.15, -0.1) is 0 Å². The molecule has 0 aliphatic carbocycles. The molecule has 1 N–H and O–H groups in total. The van der Waals surface area contributed by atoms with Crippen molar-refractivity contribution in [3.63, 3.8) is 0 Å². The second kappa shape index (κ2) is 6.85. The molecule has 2 aromatic carbocycles. The lowest BCUT2D eigenvalue weighted by Crippen LogP contribution is -2.41. The van der Waals surface area contributed by atoms with Crippen molar-refractivity contribution < 1.29 is 9.84 Å². The summed E-state index contributed by atoms with van der Waals surface area (Å²) in [6.45, 7) is 2.53. The van der Waals surface area contributed by atoms with E-state index in [1.54, 1.807) is 0 Å². The summed E-state index contributed by atoms with van der Waals surface area (Å²) in [5.74, 6) is 0. The Balaban J connectivity index is 1.76. The molecule has 1 aliphatic heterocycles. The molecule has 0 aromatic heterocycles. The van der Waals surface area contributed by atoms with E-state index in [9.17, 15) is 5.11 Å². The van der Waals surface area contributed by atoms with Crippen molar-refractivity contribution in [2.24, 2.45) is 0 Å². The van der Waals surface area contributed by atoms with Gasteiger partial charge in [-0.25, -0.2) is 0 Å². The van der Waals surface area contributed by atoms with Crippen LogP contribution in [0.15, 0.2) is 60.7 Å². The Kier molecular flexibility index (Phi) is 4.65. The Hall–Kier alpha value is -1.68. The van der Waals surface area contributed by atoms with E-state index in [4.69, 9.17) is 4.74 Å². The van der Waals surface area contributed by atoms with Crippen LogP contribution in [0.2, 0.25) is 0 Å². The molecule has 1 aliphatic rings. The zero-order valence-electron chi connectivity index (χ0n) is 12.1. The number of aliphatic hydroxyl groups excluding tert-OH is 1. The van der Waals surface area contributed by atoms with E-state index in [-0.39, 0.29) is 18.8 Å². The highest BCUT2D eigenvalue weighted by Gasteiger charge is 2.36. The van der Waals surface area contributed by atoms with Gasteiger partial charge in [-0.3, -0.25) is 4.90 Å². The number of hydrogen-bond acceptors (Lipinski definition) is 3. The van der Waals surface area contributed by atoms with Crippen molar-refractivity contribution in [1.82, 2.24) is 4.90 Å². The van der Waals surface area contributed by atoms with E-state index >= 15 is 0 Å². The molecule has 0 bridgehead atoms. The van der Waals surface area contributed by atoms with Gasteiger partial charge in [-0.2, -0.15) is 0 Å². The first-order valence-corrected chi connectivity index (χ1v) is 7.41. The van der Waals surface area contributed by atoms with E-state index in [1.165, 1.54) is 11.1 Å². The molecule has 0 saturated carbocycles. The minimum absolute atomic E-state index is 0.0606. The zero-order valence-corrected chi connectivity index (χ0v) is 12.1. The highest BCUT2D eigenvalue weighted by molar-refractivity contribution is 5.17. The fraction of sp³-hybridized carbons (Fsp3) is 0.333. The quantitative estimate of drug-likeness (QED) is 0.793. The fourth-order valence-electron chi connectivity index (χ4n) is 2.67. The van der Waals surface area contributed by atoms with Crippen LogP contribution in [0.5, 0.6) is 0 Å². The summed E-state index contributed by atoms with van der Waals surface area (Å²) in [6.07, 6.45) is 0.169. The molecule has 0 radical (unpaired) electrons. The molecule has 110 valence electrons. The summed E-state index contributed by atoms with van der Waals surface area (Å²) in [6, 6.07) is 20.8. The average molecular weight is 283 g/mol. The average Bonchev–Trinajstić information content (AvgIpc) is 3.35. The van der Waals surface area contributed by atoms with Crippen molar-refractivity contribution in [1.29, 1.82) is 0 Å². The largest absolute Gasteiger partial charge is 0.395 e. The Labute approximate surface area is 125 Å². The van der Waals surface area contributed by atoms with Crippen molar-refractivity contribution in [3.05, 3.63) is 71.8 Å². The smallest absolute Gasteiger partial charge is 0.0987 e. The lowest BCUT2D eigenvalue weighted by atomic mass is 10.1. The van der Waals surface area contributed by atoms with Gasteiger partial charge in [0.25, 0.3) is 0 Å². The highest BCUT2D eigenvalue weighted by atomic mass is 16.6. The molecular formula is C18H21NO2. The van der Waals surface area contributed by atoms with Crippen LogP contribution < -0.4 is 0 Å². The molecule has 1 fully saturated rings. The van der Waals surface area contributed by atoms with Crippen molar-refractivity contribution in [2.75, 3.05) is 13.2 Å². The maximum atomic E-state index is 9.74. The van der Waals surface area contributed by atoms with Crippen molar-refractivity contribution >= 4 is 0 Å². The molecule has 3 heteroatoms. The molecule has 0 unspecified atom stereocenters. The molecule has 3 nitrogen and oxygen atoms in total. The first kappa shape index (κ1) is 14.3. The lowest BCUT2D eigenvalue weighted by molar-refractivity contribution is 0.0873. The van der Waals surface area contributed by atoms with Crippen LogP contribution in [0.1, 0.15) is 11.1 Å². The van der Waals surface area contributed by atoms with Gasteiger partial charge in [0.05, 0.1) is 25.4 Å². The molecule has 0 spiro atoms. The van der Waals surface area contributed by atoms with E-state index in [0.29, 0.717) is 0 Å². The SMILES string of the molecule is OC[C@@H]([C@@H]1CO1)N(Cc1ccccc1)Cc1ccccc1. The molecule has 2 atom stereocenters. The first-order chi connectivity index (χ1) is 10.4. The van der Waals surface area contributed by atoms with Gasteiger partial charge < -0.3 is 9.84 Å². The van der Waals surface area contributed by atoms with Gasteiger partial charge in [0.15, 0.2) is 0 Å². The number of epoxide rings is 1. The number of ether oxygens (including phenoxy) is 1. The number of rotatable bonds is 7. The van der Waals surface area contributed by atoms with Crippen LogP contribution in [0, 0.1) is 0 Å². The summed E-state index contributed by atoms with van der Waals surface area (Å²) < 4.78 is 5.42. The topological polar surface area (TPSA) is 36.0 Å². The Morgan fingerprint density at radius 3 is 1.81 bits per heavy atom. The van der Waals surface area contributed by atoms with E-state index in [0.717, 1.165) is 19.7 Å². The number of benzene rings is 2. The molecule has 3 rings (SSSR count). The normalized spacial score (nSPS) is 18.7. The second-order valence-corrected chi connectivity index (χ2v) is 5.50. The van der Waals surface area contributed by atoms with Gasteiger partial charge in [0.2, 0.25) is 0 Å². The van der Waals surface area contributed by atoms with Crippen LogP contribution in [-0.2, 0) is 17.8 Å².